The average molecular weight is 344 g/mol. The van der Waals surface area contributed by atoms with Gasteiger partial charge >= 0.3 is 6.18 Å². The summed E-state index contributed by atoms with van der Waals surface area (Å²) in [7, 11) is 0. The number of benzene rings is 1. The van der Waals surface area contributed by atoms with Crippen LogP contribution in [0.15, 0.2) is 30.3 Å². The number of hydrogen-bond acceptors (Lipinski definition) is 4. The number of hydrogen-bond donors (Lipinski definition) is 0. The van der Waals surface area contributed by atoms with Crippen molar-refractivity contribution in [3.63, 3.8) is 0 Å². The van der Waals surface area contributed by atoms with Crippen LogP contribution in [0, 0.1) is 0 Å². The van der Waals surface area contributed by atoms with E-state index < -0.39 is 11.7 Å². The molecule has 2 heterocycles. The van der Waals surface area contributed by atoms with Crippen molar-refractivity contribution in [3.05, 3.63) is 41.0 Å². The van der Waals surface area contributed by atoms with Crippen LogP contribution < -0.4 is 4.90 Å². The van der Waals surface area contributed by atoms with Gasteiger partial charge in [-0.05, 0) is 23.8 Å². The van der Waals surface area contributed by atoms with Crippen LogP contribution in [0.5, 0.6) is 0 Å². The van der Waals surface area contributed by atoms with Gasteiger partial charge in [-0.15, -0.1) is 10.2 Å². The molecular weight excluding hydrogens is 331 g/mol. The predicted molar refractivity (Wildman–Crippen MR) is 80.5 cm³/mol. The summed E-state index contributed by atoms with van der Waals surface area (Å²) in [6.45, 7) is 2.56. The molecule has 23 heavy (non-hydrogen) atoms. The minimum Gasteiger partial charge on any atom is -0.378 e. The monoisotopic (exact) mass is 343 g/mol. The Kier molecular flexibility index (Phi) is 4.41. The van der Waals surface area contributed by atoms with Gasteiger partial charge in [-0.25, -0.2) is 0 Å². The second kappa shape index (κ2) is 6.33. The van der Waals surface area contributed by atoms with Gasteiger partial charge in [0.05, 0.1) is 18.8 Å². The second-order valence-corrected chi connectivity index (χ2v) is 5.44. The van der Waals surface area contributed by atoms with E-state index in [-0.39, 0.29) is 5.15 Å². The Morgan fingerprint density at radius 3 is 2.30 bits per heavy atom. The molecule has 1 aromatic heterocycles. The van der Waals surface area contributed by atoms with Crippen LogP contribution in [0.3, 0.4) is 0 Å². The molecule has 1 aromatic carbocycles. The van der Waals surface area contributed by atoms with Crippen LogP contribution in [0.4, 0.5) is 19.0 Å². The molecule has 4 nitrogen and oxygen atoms in total. The van der Waals surface area contributed by atoms with Gasteiger partial charge in [0.15, 0.2) is 11.0 Å². The van der Waals surface area contributed by atoms with E-state index in [4.69, 9.17) is 16.3 Å². The molecule has 8 heteroatoms. The Morgan fingerprint density at radius 2 is 1.70 bits per heavy atom. The lowest BCUT2D eigenvalue weighted by Gasteiger charge is -2.27. The van der Waals surface area contributed by atoms with Crippen LogP contribution in [0.2, 0.25) is 5.15 Å². The maximum absolute atomic E-state index is 12.6. The van der Waals surface area contributed by atoms with E-state index in [1.165, 1.54) is 12.1 Å². The highest BCUT2D eigenvalue weighted by molar-refractivity contribution is 6.32. The third-order valence-electron chi connectivity index (χ3n) is 3.59. The normalized spacial score (nSPS) is 15.7. The summed E-state index contributed by atoms with van der Waals surface area (Å²) in [6.07, 6.45) is -4.36. The van der Waals surface area contributed by atoms with Crippen LogP contribution in [0.25, 0.3) is 11.1 Å². The molecule has 2 aromatic rings. The predicted octanol–water partition coefficient (Wildman–Crippen LogP) is 3.65. The molecule has 0 atom stereocenters. The van der Waals surface area contributed by atoms with Gasteiger partial charge < -0.3 is 9.64 Å². The number of alkyl halides is 3. The zero-order chi connectivity index (χ0) is 16.4. The standard InChI is InChI=1S/C15H13ClF3N3O/c16-14-12(10-1-3-11(4-2-10)15(17,18)19)9-13(20-21-14)22-5-7-23-8-6-22/h1-4,9H,5-8H2. The first-order valence-electron chi connectivity index (χ1n) is 6.99. The zero-order valence-corrected chi connectivity index (χ0v) is 12.7. The molecular formula is C15H13ClF3N3O. The van der Waals surface area contributed by atoms with Crippen molar-refractivity contribution in [2.45, 2.75) is 6.18 Å². The summed E-state index contributed by atoms with van der Waals surface area (Å²) in [6, 6.07) is 6.56. The number of aromatic nitrogens is 2. The summed E-state index contributed by atoms with van der Waals surface area (Å²) in [4.78, 5) is 2.00. The molecule has 1 fully saturated rings. The highest BCUT2D eigenvalue weighted by Gasteiger charge is 2.30. The molecule has 0 saturated carbocycles. The van der Waals surface area contributed by atoms with E-state index >= 15 is 0 Å². The van der Waals surface area contributed by atoms with Gasteiger partial charge in [0, 0.05) is 18.7 Å². The minimum absolute atomic E-state index is 0.154. The lowest BCUT2D eigenvalue weighted by atomic mass is 10.1. The first-order valence-corrected chi connectivity index (χ1v) is 7.36. The number of rotatable bonds is 2. The van der Waals surface area contributed by atoms with Gasteiger partial charge in [-0.2, -0.15) is 13.2 Å². The van der Waals surface area contributed by atoms with Crippen molar-refractivity contribution in [2.24, 2.45) is 0 Å². The van der Waals surface area contributed by atoms with Gasteiger partial charge in [-0.1, -0.05) is 23.7 Å². The minimum atomic E-state index is -4.36. The molecule has 0 radical (unpaired) electrons. The maximum Gasteiger partial charge on any atom is 0.416 e. The Labute approximate surface area is 135 Å². The van der Waals surface area contributed by atoms with Crippen molar-refractivity contribution >= 4 is 17.4 Å². The number of ether oxygens (including phenoxy) is 1. The highest BCUT2D eigenvalue weighted by Crippen LogP contribution is 2.33. The fourth-order valence-corrected chi connectivity index (χ4v) is 2.56. The molecule has 1 saturated heterocycles. The quantitative estimate of drug-likeness (QED) is 0.834. The average Bonchev–Trinajstić information content (AvgIpc) is 2.55. The van der Waals surface area contributed by atoms with E-state index in [1.54, 1.807) is 6.07 Å². The second-order valence-electron chi connectivity index (χ2n) is 5.08. The highest BCUT2D eigenvalue weighted by atomic mass is 35.5. The van der Waals surface area contributed by atoms with Crippen molar-refractivity contribution in [1.82, 2.24) is 10.2 Å². The van der Waals surface area contributed by atoms with E-state index in [2.05, 4.69) is 10.2 Å². The van der Waals surface area contributed by atoms with E-state index in [1.807, 2.05) is 4.90 Å². The Balaban J connectivity index is 1.92. The molecule has 0 bridgehead atoms. The first kappa shape index (κ1) is 16.0. The van der Waals surface area contributed by atoms with Crippen molar-refractivity contribution in [1.29, 1.82) is 0 Å². The van der Waals surface area contributed by atoms with Gasteiger partial charge in [0.25, 0.3) is 0 Å². The maximum atomic E-state index is 12.6. The molecule has 3 rings (SSSR count). The molecule has 0 spiro atoms. The van der Waals surface area contributed by atoms with E-state index in [0.717, 1.165) is 12.1 Å². The molecule has 1 aliphatic rings. The van der Waals surface area contributed by atoms with Gasteiger partial charge in [0.1, 0.15) is 0 Å². The van der Waals surface area contributed by atoms with Crippen LogP contribution >= 0.6 is 11.6 Å². The number of nitrogens with zero attached hydrogens (tertiary/aromatic N) is 3. The molecule has 0 unspecified atom stereocenters. The van der Waals surface area contributed by atoms with Crippen LogP contribution in [-0.4, -0.2) is 36.5 Å². The lowest BCUT2D eigenvalue weighted by Crippen LogP contribution is -2.36. The van der Waals surface area contributed by atoms with Gasteiger partial charge in [-0.3, -0.25) is 0 Å². The van der Waals surface area contributed by atoms with Crippen LogP contribution in [-0.2, 0) is 10.9 Å². The lowest BCUT2D eigenvalue weighted by molar-refractivity contribution is -0.137. The van der Waals surface area contributed by atoms with Crippen LogP contribution in [0.1, 0.15) is 5.56 Å². The molecule has 122 valence electrons. The number of anilines is 1. The summed E-state index contributed by atoms with van der Waals surface area (Å²) in [5.74, 6) is 0.632. The van der Waals surface area contributed by atoms with E-state index in [0.29, 0.717) is 43.2 Å². The topological polar surface area (TPSA) is 38.2 Å². The molecule has 0 amide bonds. The Hall–Kier alpha value is -1.86. The van der Waals surface area contributed by atoms with Crippen molar-refractivity contribution in [2.75, 3.05) is 31.2 Å². The van der Waals surface area contributed by atoms with Crippen molar-refractivity contribution < 1.29 is 17.9 Å². The smallest absolute Gasteiger partial charge is 0.378 e. The van der Waals surface area contributed by atoms with Crippen molar-refractivity contribution in [3.8, 4) is 11.1 Å². The zero-order valence-electron chi connectivity index (χ0n) is 12.0. The SMILES string of the molecule is FC(F)(F)c1ccc(-c2cc(N3CCOCC3)nnc2Cl)cc1. The van der Waals surface area contributed by atoms with E-state index in [9.17, 15) is 13.2 Å². The number of morpholine rings is 1. The number of halogens is 4. The summed E-state index contributed by atoms with van der Waals surface area (Å²) in [5.41, 5.74) is 0.414. The molecule has 0 aliphatic carbocycles. The Morgan fingerprint density at radius 1 is 1.04 bits per heavy atom. The summed E-state index contributed by atoms with van der Waals surface area (Å²) >= 11 is 6.06. The molecule has 0 N–H and O–H groups in total. The molecule has 1 aliphatic heterocycles. The third kappa shape index (κ3) is 3.56. The first-order chi connectivity index (χ1) is 10.9. The third-order valence-corrected chi connectivity index (χ3v) is 3.87. The van der Waals surface area contributed by atoms with Gasteiger partial charge in [0.2, 0.25) is 0 Å². The Bertz CT molecular complexity index is 685. The largest absolute Gasteiger partial charge is 0.416 e. The fourth-order valence-electron chi connectivity index (χ4n) is 2.35. The summed E-state index contributed by atoms with van der Waals surface area (Å²) < 4.78 is 43.2. The fraction of sp³-hybridized carbons (Fsp3) is 0.333. The summed E-state index contributed by atoms with van der Waals surface area (Å²) in [5, 5.41) is 8.12.